The second-order valence-electron chi connectivity index (χ2n) is 5.82. The van der Waals surface area contributed by atoms with Crippen LogP contribution in [0.3, 0.4) is 0 Å². The van der Waals surface area contributed by atoms with E-state index in [1.807, 2.05) is 0 Å². The van der Waals surface area contributed by atoms with Gasteiger partial charge in [-0.05, 0) is 39.0 Å². The van der Waals surface area contributed by atoms with Crippen LogP contribution in [0, 0.1) is 0 Å². The molecule has 1 aromatic carbocycles. The molecule has 0 spiro atoms. The van der Waals surface area contributed by atoms with E-state index in [-0.39, 0.29) is 5.69 Å². The van der Waals surface area contributed by atoms with Crippen LogP contribution in [0.5, 0.6) is 0 Å². The summed E-state index contributed by atoms with van der Waals surface area (Å²) in [6.45, 7) is 3.96. The number of nitrogens with zero attached hydrogens (tertiary/aromatic N) is 1. The van der Waals surface area contributed by atoms with E-state index in [1.54, 1.807) is 20.8 Å². The van der Waals surface area contributed by atoms with E-state index >= 15 is 0 Å². The van der Waals surface area contributed by atoms with E-state index in [4.69, 9.17) is 10.5 Å². The maximum Gasteiger partial charge on any atom is 0.416 e. The smallest absolute Gasteiger partial charge is 0.416 e. The number of amides is 1. The molecule has 0 aliphatic rings. The van der Waals surface area contributed by atoms with Gasteiger partial charge in [-0.2, -0.15) is 13.2 Å². The first-order valence-corrected chi connectivity index (χ1v) is 6.83. The van der Waals surface area contributed by atoms with Crippen molar-refractivity contribution in [2.24, 2.45) is 5.73 Å². The van der Waals surface area contributed by atoms with Gasteiger partial charge in [0.05, 0.1) is 12.1 Å². The van der Waals surface area contributed by atoms with Crippen LogP contribution in [-0.4, -0.2) is 30.6 Å². The van der Waals surface area contributed by atoms with Crippen LogP contribution in [0.2, 0.25) is 0 Å². The minimum absolute atomic E-state index is 0.0684. The molecular weight excluding hydrogens is 313 g/mol. The molecule has 1 amide bonds. The highest BCUT2D eigenvalue weighted by Crippen LogP contribution is 2.31. The third-order valence-electron chi connectivity index (χ3n) is 2.67. The van der Waals surface area contributed by atoms with Gasteiger partial charge >= 0.3 is 12.1 Å². The molecule has 128 valence electrons. The van der Waals surface area contributed by atoms with Crippen molar-refractivity contribution in [3.05, 3.63) is 29.8 Å². The second-order valence-corrected chi connectivity index (χ2v) is 5.82. The summed E-state index contributed by atoms with van der Waals surface area (Å²) >= 11 is 0. The molecule has 5 nitrogen and oxygen atoms in total. The van der Waals surface area contributed by atoms with E-state index in [0.717, 1.165) is 23.1 Å². The largest absolute Gasteiger partial charge is 0.459 e. The lowest BCUT2D eigenvalue weighted by Gasteiger charge is -2.25. The van der Waals surface area contributed by atoms with Crippen molar-refractivity contribution in [3.8, 4) is 0 Å². The zero-order valence-electron chi connectivity index (χ0n) is 13.1. The van der Waals surface area contributed by atoms with Gasteiger partial charge in [0.25, 0.3) is 0 Å². The zero-order valence-corrected chi connectivity index (χ0v) is 13.1. The van der Waals surface area contributed by atoms with Crippen molar-refractivity contribution >= 4 is 17.6 Å². The molecule has 8 heteroatoms. The standard InChI is InChI=1S/C15H19F3N2O3/c1-14(2,3)23-13(22)9-20(12(21)8-19)11-6-4-5-10(7-11)15(16,17)18/h4-7H,8-9,19H2,1-3H3. The fourth-order valence-electron chi connectivity index (χ4n) is 1.79. The maximum atomic E-state index is 12.8. The van der Waals surface area contributed by atoms with E-state index in [0.29, 0.717) is 0 Å². The average molecular weight is 332 g/mol. The normalized spacial score (nSPS) is 12.0. The Bertz CT molecular complexity index is 580. The summed E-state index contributed by atoms with van der Waals surface area (Å²) in [6, 6.07) is 4.12. The highest BCUT2D eigenvalue weighted by Gasteiger charge is 2.31. The number of hydrogen-bond acceptors (Lipinski definition) is 4. The Morgan fingerprint density at radius 3 is 2.30 bits per heavy atom. The number of halogens is 3. The minimum Gasteiger partial charge on any atom is -0.459 e. The van der Waals surface area contributed by atoms with E-state index in [1.165, 1.54) is 6.07 Å². The Kier molecular flexibility index (Phi) is 5.76. The Morgan fingerprint density at radius 1 is 1.22 bits per heavy atom. The van der Waals surface area contributed by atoms with E-state index in [9.17, 15) is 22.8 Å². The van der Waals surface area contributed by atoms with Crippen LogP contribution in [0.25, 0.3) is 0 Å². The number of carbonyl (C=O) groups excluding carboxylic acids is 2. The first-order valence-electron chi connectivity index (χ1n) is 6.83. The van der Waals surface area contributed by atoms with Crippen molar-refractivity contribution in [2.45, 2.75) is 32.5 Å². The number of benzene rings is 1. The summed E-state index contributed by atoms with van der Waals surface area (Å²) in [6.07, 6.45) is -4.56. The number of anilines is 1. The summed E-state index contributed by atoms with van der Waals surface area (Å²) in [4.78, 5) is 24.6. The predicted octanol–water partition coefficient (Wildman–Crippen LogP) is 2.34. The molecule has 0 saturated carbocycles. The molecule has 0 aliphatic heterocycles. The molecular formula is C15H19F3N2O3. The highest BCUT2D eigenvalue weighted by molar-refractivity contribution is 5.98. The van der Waals surface area contributed by atoms with Gasteiger partial charge in [0.15, 0.2) is 0 Å². The maximum absolute atomic E-state index is 12.8. The van der Waals surface area contributed by atoms with Gasteiger partial charge in [0.2, 0.25) is 5.91 Å². The molecule has 0 radical (unpaired) electrons. The average Bonchev–Trinajstić information content (AvgIpc) is 2.41. The first kappa shape index (κ1) is 19.0. The van der Waals surface area contributed by atoms with Crippen molar-refractivity contribution < 1.29 is 27.5 Å². The molecule has 0 unspecified atom stereocenters. The van der Waals surface area contributed by atoms with Gasteiger partial charge < -0.3 is 15.4 Å². The van der Waals surface area contributed by atoms with Crippen LogP contribution in [-0.2, 0) is 20.5 Å². The zero-order chi connectivity index (χ0) is 17.8. The van der Waals surface area contributed by atoms with E-state index in [2.05, 4.69) is 0 Å². The quantitative estimate of drug-likeness (QED) is 0.859. The van der Waals surface area contributed by atoms with Crippen LogP contribution >= 0.6 is 0 Å². The molecule has 0 aromatic heterocycles. The molecule has 2 N–H and O–H groups in total. The predicted molar refractivity (Wildman–Crippen MR) is 78.7 cm³/mol. The Hall–Kier alpha value is -2.09. The van der Waals surface area contributed by atoms with Crippen LogP contribution < -0.4 is 10.6 Å². The van der Waals surface area contributed by atoms with Crippen LogP contribution in [0.4, 0.5) is 18.9 Å². The Morgan fingerprint density at radius 2 is 1.83 bits per heavy atom. The summed E-state index contributed by atoms with van der Waals surface area (Å²) in [5, 5.41) is 0. The van der Waals surface area contributed by atoms with Crippen molar-refractivity contribution in [3.63, 3.8) is 0 Å². The topological polar surface area (TPSA) is 72.6 Å². The van der Waals surface area contributed by atoms with Gasteiger partial charge in [0.1, 0.15) is 12.1 Å². The molecule has 0 heterocycles. The molecule has 1 rings (SSSR count). The lowest BCUT2D eigenvalue weighted by atomic mass is 10.1. The molecule has 1 aromatic rings. The van der Waals surface area contributed by atoms with Gasteiger partial charge in [-0.25, -0.2) is 0 Å². The van der Waals surface area contributed by atoms with Crippen LogP contribution in [0.1, 0.15) is 26.3 Å². The van der Waals surface area contributed by atoms with Gasteiger partial charge in [0, 0.05) is 5.69 Å². The van der Waals surface area contributed by atoms with Gasteiger partial charge in [-0.15, -0.1) is 0 Å². The third-order valence-corrected chi connectivity index (χ3v) is 2.67. The Balaban J connectivity index is 3.08. The fourth-order valence-corrected chi connectivity index (χ4v) is 1.79. The third kappa shape index (κ3) is 5.90. The summed E-state index contributed by atoms with van der Waals surface area (Å²) in [5.41, 5.74) is 3.51. The minimum atomic E-state index is -4.56. The molecule has 0 bridgehead atoms. The molecule has 0 fully saturated rings. The van der Waals surface area contributed by atoms with Crippen molar-refractivity contribution in [1.29, 1.82) is 0 Å². The van der Waals surface area contributed by atoms with Crippen molar-refractivity contribution in [1.82, 2.24) is 0 Å². The lowest BCUT2D eigenvalue weighted by Crippen LogP contribution is -2.41. The fraction of sp³-hybridized carbons (Fsp3) is 0.467. The van der Waals surface area contributed by atoms with Crippen molar-refractivity contribution in [2.75, 3.05) is 18.0 Å². The summed E-state index contributed by atoms with van der Waals surface area (Å²) in [7, 11) is 0. The number of esters is 1. The lowest BCUT2D eigenvalue weighted by molar-refractivity contribution is -0.153. The number of hydrogen-bond donors (Lipinski definition) is 1. The van der Waals surface area contributed by atoms with Crippen LogP contribution in [0.15, 0.2) is 24.3 Å². The number of carbonyl (C=O) groups is 2. The SMILES string of the molecule is CC(C)(C)OC(=O)CN(C(=O)CN)c1cccc(C(F)(F)F)c1. The number of rotatable bonds is 4. The monoisotopic (exact) mass is 332 g/mol. The Labute approximate surface area is 132 Å². The summed E-state index contributed by atoms with van der Waals surface area (Å²) in [5.74, 6) is -1.42. The molecule has 23 heavy (non-hydrogen) atoms. The van der Waals surface area contributed by atoms with E-state index < -0.39 is 42.3 Å². The summed E-state index contributed by atoms with van der Waals surface area (Å²) < 4.78 is 43.4. The van der Waals surface area contributed by atoms with Gasteiger partial charge in [-0.1, -0.05) is 6.07 Å². The molecule has 0 aliphatic carbocycles. The second kappa shape index (κ2) is 6.99. The van der Waals surface area contributed by atoms with Gasteiger partial charge in [-0.3, -0.25) is 9.59 Å². The molecule has 0 atom stereocenters. The first-order chi connectivity index (χ1) is 10.4. The number of alkyl halides is 3. The number of ether oxygens (including phenoxy) is 1. The number of nitrogens with two attached hydrogens (primary N) is 1. The molecule has 0 saturated heterocycles. The highest BCUT2D eigenvalue weighted by atomic mass is 19.4.